The number of piperidine rings is 1. The van der Waals surface area contributed by atoms with Gasteiger partial charge in [-0.05, 0) is 45.3 Å². The summed E-state index contributed by atoms with van der Waals surface area (Å²) < 4.78 is 12.5. The third-order valence-corrected chi connectivity index (χ3v) is 5.28. The van der Waals surface area contributed by atoms with Crippen molar-refractivity contribution >= 4 is 23.9 Å². The summed E-state index contributed by atoms with van der Waals surface area (Å²) in [5, 5.41) is 29.6. The number of para-hydroxylation sites is 1. The van der Waals surface area contributed by atoms with E-state index in [0.717, 1.165) is 56.8 Å². The van der Waals surface area contributed by atoms with Crippen LogP contribution in [0.5, 0.6) is 5.75 Å². The van der Waals surface area contributed by atoms with Crippen molar-refractivity contribution in [2.75, 3.05) is 26.2 Å². The Morgan fingerprint density at radius 1 is 1.00 bits per heavy atom. The van der Waals surface area contributed by atoms with Crippen LogP contribution in [0.1, 0.15) is 31.7 Å². The second-order valence-electron chi connectivity index (χ2n) is 7.43. The van der Waals surface area contributed by atoms with E-state index in [0.29, 0.717) is 6.61 Å². The molecule has 0 radical (unpaired) electrons. The van der Waals surface area contributed by atoms with Gasteiger partial charge < -0.3 is 40.5 Å². The lowest BCUT2D eigenvalue weighted by Crippen LogP contribution is -2.53. The SMILES string of the molecule is CC1Oc2ccccc2COC12CCN(CCCN)CC2.O=C(O)C(=O)O.O=C(O)C(=O)O. The number of aliphatic carboxylic acids is 4. The van der Waals surface area contributed by atoms with Crippen molar-refractivity contribution in [2.24, 2.45) is 5.73 Å². The Hall–Kier alpha value is -3.22. The van der Waals surface area contributed by atoms with Gasteiger partial charge in [-0.25, -0.2) is 19.2 Å². The van der Waals surface area contributed by atoms with Crippen LogP contribution in [0.4, 0.5) is 0 Å². The van der Waals surface area contributed by atoms with Gasteiger partial charge in [0.25, 0.3) is 0 Å². The topological polar surface area (TPSA) is 197 Å². The van der Waals surface area contributed by atoms with E-state index in [1.807, 2.05) is 18.2 Å². The van der Waals surface area contributed by atoms with Gasteiger partial charge in [-0.2, -0.15) is 0 Å². The van der Waals surface area contributed by atoms with Crippen LogP contribution in [0, 0.1) is 0 Å². The van der Waals surface area contributed by atoms with Gasteiger partial charge in [0.05, 0.1) is 6.61 Å². The molecule has 3 rings (SSSR count). The van der Waals surface area contributed by atoms with E-state index >= 15 is 0 Å². The number of rotatable bonds is 3. The van der Waals surface area contributed by atoms with E-state index in [9.17, 15) is 0 Å². The van der Waals surface area contributed by atoms with Crippen molar-refractivity contribution in [2.45, 2.75) is 44.5 Å². The molecule has 2 heterocycles. The summed E-state index contributed by atoms with van der Waals surface area (Å²) in [6, 6.07) is 8.21. The number of likely N-dealkylation sites (tertiary alicyclic amines) is 1. The van der Waals surface area contributed by atoms with Gasteiger partial charge in [0.2, 0.25) is 0 Å². The first-order valence-electron chi connectivity index (χ1n) is 10.3. The van der Waals surface area contributed by atoms with Crippen LogP contribution in [0.15, 0.2) is 24.3 Å². The molecule has 0 aliphatic carbocycles. The monoisotopic (exact) mass is 470 g/mol. The summed E-state index contributed by atoms with van der Waals surface area (Å²) >= 11 is 0. The summed E-state index contributed by atoms with van der Waals surface area (Å²) in [5.41, 5.74) is 6.62. The Morgan fingerprint density at radius 2 is 1.52 bits per heavy atom. The average Bonchev–Trinajstić information content (AvgIpc) is 2.91. The summed E-state index contributed by atoms with van der Waals surface area (Å²) in [7, 11) is 0. The van der Waals surface area contributed by atoms with Crippen LogP contribution in [-0.2, 0) is 30.5 Å². The molecule has 1 fully saturated rings. The standard InChI is InChI=1S/C17H26N2O2.2C2H2O4/c1-14-17(7-11-19(12-8-17)10-4-9-18)20-13-15-5-2-3-6-16(15)21-14;2*3-1(4)2(5)6/h2-3,5-6,14H,4,7-13,18H2,1H3;2*(H,3,4)(H,5,6). The number of ether oxygens (including phenoxy) is 2. The van der Waals surface area contributed by atoms with Crippen LogP contribution in [0.25, 0.3) is 0 Å². The average molecular weight is 470 g/mol. The third kappa shape index (κ3) is 9.04. The number of carbonyl (C=O) groups is 4. The van der Waals surface area contributed by atoms with Gasteiger partial charge in [-0.1, -0.05) is 18.2 Å². The van der Waals surface area contributed by atoms with Crippen LogP contribution in [0.2, 0.25) is 0 Å². The molecule has 1 aromatic carbocycles. The van der Waals surface area contributed by atoms with Gasteiger partial charge in [0.15, 0.2) is 0 Å². The second-order valence-corrected chi connectivity index (χ2v) is 7.43. The molecule has 33 heavy (non-hydrogen) atoms. The fourth-order valence-electron chi connectivity index (χ4n) is 3.40. The summed E-state index contributed by atoms with van der Waals surface area (Å²) in [4.78, 5) is 38.9. The Labute approximate surface area is 190 Å². The fraction of sp³-hybridized carbons (Fsp3) is 0.524. The Morgan fingerprint density at radius 3 is 2.00 bits per heavy atom. The smallest absolute Gasteiger partial charge is 0.414 e. The molecule has 1 aromatic rings. The molecule has 1 unspecified atom stereocenters. The van der Waals surface area contributed by atoms with Crippen molar-refractivity contribution in [3.63, 3.8) is 0 Å². The number of hydrogen-bond donors (Lipinski definition) is 5. The van der Waals surface area contributed by atoms with E-state index in [2.05, 4.69) is 17.9 Å². The first-order chi connectivity index (χ1) is 15.5. The van der Waals surface area contributed by atoms with Crippen molar-refractivity contribution in [3.05, 3.63) is 29.8 Å². The molecular weight excluding hydrogens is 440 g/mol. The summed E-state index contributed by atoms with van der Waals surface area (Å²) in [5.74, 6) is -6.32. The van der Waals surface area contributed by atoms with Crippen molar-refractivity contribution in [1.82, 2.24) is 4.90 Å². The van der Waals surface area contributed by atoms with E-state index in [1.54, 1.807) is 0 Å². The zero-order valence-electron chi connectivity index (χ0n) is 18.3. The molecule has 0 aromatic heterocycles. The highest BCUT2D eigenvalue weighted by atomic mass is 16.6. The zero-order chi connectivity index (χ0) is 25.0. The number of carboxylic acid groups (broad SMARTS) is 4. The first kappa shape index (κ1) is 27.8. The van der Waals surface area contributed by atoms with E-state index in [-0.39, 0.29) is 11.7 Å². The van der Waals surface area contributed by atoms with E-state index < -0.39 is 23.9 Å². The molecule has 1 atom stereocenters. The quantitative estimate of drug-likeness (QED) is 0.384. The minimum atomic E-state index is -1.82. The van der Waals surface area contributed by atoms with Gasteiger partial charge in [-0.15, -0.1) is 0 Å². The summed E-state index contributed by atoms with van der Waals surface area (Å²) in [6.07, 6.45) is 3.24. The Bertz CT molecular complexity index is 773. The van der Waals surface area contributed by atoms with Crippen molar-refractivity contribution in [3.8, 4) is 5.75 Å². The predicted octanol–water partition coefficient (Wildman–Crippen LogP) is 0.479. The van der Waals surface area contributed by atoms with Gasteiger partial charge in [0, 0.05) is 18.7 Å². The van der Waals surface area contributed by atoms with Crippen LogP contribution < -0.4 is 10.5 Å². The number of benzene rings is 1. The maximum absolute atomic E-state index is 9.10. The van der Waals surface area contributed by atoms with Crippen LogP contribution in [-0.4, -0.2) is 87.1 Å². The number of fused-ring (bicyclic) bond motifs is 1. The largest absolute Gasteiger partial charge is 0.487 e. The molecule has 184 valence electrons. The molecule has 0 bridgehead atoms. The van der Waals surface area contributed by atoms with E-state index in [4.69, 9.17) is 54.8 Å². The minimum Gasteiger partial charge on any atom is -0.487 e. The first-order valence-corrected chi connectivity index (χ1v) is 10.3. The number of nitrogens with zero attached hydrogens (tertiary/aromatic N) is 1. The maximum Gasteiger partial charge on any atom is 0.414 e. The lowest BCUT2D eigenvalue weighted by Gasteiger charge is -2.43. The van der Waals surface area contributed by atoms with Crippen LogP contribution >= 0.6 is 0 Å². The highest BCUT2D eigenvalue weighted by Crippen LogP contribution is 2.37. The lowest BCUT2D eigenvalue weighted by atomic mass is 9.86. The number of carboxylic acids is 4. The van der Waals surface area contributed by atoms with Gasteiger partial charge in [0.1, 0.15) is 17.5 Å². The normalized spacial score (nSPS) is 18.7. The Balaban J connectivity index is 0.000000377. The highest BCUT2D eigenvalue weighted by Gasteiger charge is 2.43. The number of nitrogens with two attached hydrogens (primary N) is 1. The number of hydrogen-bond acceptors (Lipinski definition) is 8. The van der Waals surface area contributed by atoms with Gasteiger partial charge in [-0.3, -0.25) is 0 Å². The molecule has 12 nitrogen and oxygen atoms in total. The second kappa shape index (κ2) is 13.4. The predicted molar refractivity (Wildman–Crippen MR) is 114 cm³/mol. The van der Waals surface area contributed by atoms with Crippen molar-refractivity contribution in [1.29, 1.82) is 0 Å². The molecule has 1 spiro atoms. The lowest BCUT2D eigenvalue weighted by molar-refractivity contribution is -0.159. The zero-order valence-corrected chi connectivity index (χ0v) is 18.3. The van der Waals surface area contributed by atoms with Gasteiger partial charge >= 0.3 is 23.9 Å². The van der Waals surface area contributed by atoms with E-state index in [1.165, 1.54) is 0 Å². The van der Waals surface area contributed by atoms with Crippen molar-refractivity contribution < 1.29 is 49.1 Å². The molecule has 0 saturated carbocycles. The molecule has 2 aliphatic rings. The minimum absolute atomic E-state index is 0.0952. The fourth-order valence-corrected chi connectivity index (χ4v) is 3.40. The van der Waals surface area contributed by atoms with Crippen LogP contribution in [0.3, 0.4) is 0 Å². The molecule has 12 heteroatoms. The third-order valence-electron chi connectivity index (χ3n) is 5.28. The molecular formula is C21H30N2O10. The molecule has 0 amide bonds. The summed E-state index contributed by atoms with van der Waals surface area (Å²) in [6.45, 7) is 6.82. The Kier molecular flexibility index (Phi) is 11.3. The molecule has 6 N–H and O–H groups in total. The molecule has 1 saturated heterocycles. The highest BCUT2D eigenvalue weighted by molar-refractivity contribution is 6.27. The maximum atomic E-state index is 9.10. The molecule has 2 aliphatic heterocycles.